The molecule has 0 aliphatic heterocycles. The maximum Gasteiger partial charge on any atom is 0.270 e. The molecular formula is C27H28N4O2. The molecule has 33 heavy (non-hydrogen) atoms. The minimum Gasteiger partial charge on any atom is -0.493 e. The molecule has 0 bridgehead atoms. The average molecular weight is 441 g/mol. The summed E-state index contributed by atoms with van der Waals surface area (Å²) in [7, 11) is 0. The van der Waals surface area contributed by atoms with Crippen LogP contribution in [0.3, 0.4) is 0 Å². The Morgan fingerprint density at radius 3 is 2.73 bits per heavy atom. The maximum absolute atomic E-state index is 12.6. The van der Waals surface area contributed by atoms with Crippen LogP contribution in [0.2, 0.25) is 0 Å². The molecule has 4 rings (SSSR count). The van der Waals surface area contributed by atoms with Gasteiger partial charge in [0.05, 0.1) is 23.7 Å². The van der Waals surface area contributed by atoms with Gasteiger partial charge in [-0.2, -0.15) is 0 Å². The van der Waals surface area contributed by atoms with Crippen LogP contribution < -0.4 is 10.1 Å². The summed E-state index contributed by atoms with van der Waals surface area (Å²) in [5.41, 5.74) is 3.47. The van der Waals surface area contributed by atoms with Gasteiger partial charge in [0, 0.05) is 12.7 Å². The molecule has 0 aliphatic carbocycles. The van der Waals surface area contributed by atoms with E-state index in [-0.39, 0.29) is 11.9 Å². The Kier molecular flexibility index (Phi) is 7.15. The van der Waals surface area contributed by atoms with Crippen LogP contribution in [-0.4, -0.2) is 27.0 Å². The number of nitrogens with zero attached hydrogens (tertiary/aromatic N) is 3. The van der Waals surface area contributed by atoms with E-state index in [0.717, 1.165) is 47.6 Å². The zero-order chi connectivity index (χ0) is 23.0. The Morgan fingerprint density at radius 2 is 1.91 bits per heavy atom. The molecule has 2 aromatic heterocycles. The van der Waals surface area contributed by atoms with Crippen molar-refractivity contribution in [3.63, 3.8) is 0 Å². The number of rotatable bonds is 10. The molecule has 4 aromatic rings. The van der Waals surface area contributed by atoms with E-state index in [1.165, 1.54) is 0 Å². The van der Waals surface area contributed by atoms with Crippen molar-refractivity contribution >= 4 is 16.9 Å². The first kappa shape index (κ1) is 22.3. The minimum absolute atomic E-state index is 0.219. The number of ether oxygens (including phenoxy) is 1. The summed E-state index contributed by atoms with van der Waals surface area (Å²) in [5.74, 6) is 1.49. The van der Waals surface area contributed by atoms with E-state index < -0.39 is 0 Å². The fraction of sp³-hybridized carbons (Fsp3) is 0.222. The Hall–Kier alpha value is -3.93. The molecule has 6 nitrogen and oxygen atoms in total. The molecule has 0 saturated carbocycles. The average Bonchev–Trinajstić information content (AvgIpc) is 3.22. The fourth-order valence-electron chi connectivity index (χ4n) is 3.87. The molecule has 1 amide bonds. The third-order valence-corrected chi connectivity index (χ3v) is 5.44. The van der Waals surface area contributed by atoms with E-state index in [1.54, 1.807) is 24.4 Å². The second-order valence-corrected chi connectivity index (χ2v) is 7.82. The SMILES string of the molecule is C=CCc1ccccc1OCCCn1c(C(C)NC(=O)c2ccccn2)nc2ccccc21. The monoisotopic (exact) mass is 440 g/mol. The lowest BCUT2D eigenvalue weighted by atomic mass is 10.1. The number of aromatic nitrogens is 3. The number of pyridine rings is 1. The number of aryl methyl sites for hydroxylation is 1. The number of hydrogen-bond acceptors (Lipinski definition) is 4. The van der Waals surface area contributed by atoms with Crippen molar-refractivity contribution in [2.24, 2.45) is 0 Å². The highest BCUT2D eigenvalue weighted by atomic mass is 16.5. The smallest absolute Gasteiger partial charge is 0.270 e. The van der Waals surface area contributed by atoms with Crippen LogP contribution in [-0.2, 0) is 13.0 Å². The van der Waals surface area contributed by atoms with Crippen molar-refractivity contribution in [2.45, 2.75) is 32.4 Å². The number of carbonyl (C=O) groups excluding carboxylic acids is 1. The van der Waals surface area contributed by atoms with E-state index in [4.69, 9.17) is 9.72 Å². The zero-order valence-corrected chi connectivity index (χ0v) is 18.8. The molecular weight excluding hydrogens is 412 g/mol. The van der Waals surface area contributed by atoms with Gasteiger partial charge in [-0.05, 0) is 55.7 Å². The second kappa shape index (κ2) is 10.6. The number of benzene rings is 2. The number of hydrogen-bond donors (Lipinski definition) is 1. The second-order valence-electron chi connectivity index (χ2n) is 7.82. The third kappa shape index (κ3) is 5.29. The zero-order valence-electron chi connectivity index (χ0n) is 18.8. The van der Waals surface area contributed by atoms with Crippen molar-refractivity contribution < 1.29 is 9.53 Å². The molecule has 0 saturated heterocycles. The number of para-hydroxylation sites is 3. The summed E-state index contributed by atoms with van der Waals surface area (Å²) in [4.78, 5) is 21.6. The lowest BCUT2D eigenvalue weighted by molar-refractivity contribution is 0.0932. The third-order valence-electron chi connectivity index (χ3n) is 5.44. The first-order valence-electron chi connectivity index (χ1n) is 11.2. The number of imidazole rings is 1. The van der Waals surface area contributed by atoms with Gasteiger partial charge in [0.2, 0.25) is 0 Å². The Balaban J connectivity index is 1.47. The van der Waals surface area contributed by atoms with Crippen LogP contribution >= 0.6 is 0 Å². The predicted octanol–water partition coefficient (Wildman–Crippen LogP) is 5.12. The van der Waals surface area contributed by atoms with Gasteiger partial charge in [0.15, 0.2) is 0 Å². The van der Waals surface area contributed by atoms with E-state index in [9.17, 15) is 4.79 Å². The minimum atomic E-state index is -0.277. The van der Waals surface area contributed by atoms with Crippen LogP contribution in [0.4, 0.5) is 0 Å². The van der Waals surface area contributed by atoms with Gasteiger partial charge in [0.25, 0.3) is 5.91 Å². The first-order valence-corrected chi connectivity index (χ1v) is 11.2. The molecule has 2 aromatic carbocycles. The van der Waals surface area contributed by atoms with Crippen molar-refractivity contribution in [2.75, 3.05) is 6.61 Å². The standard InChI is InChI=1S/C27H28N4O2/c1-3-11-21-12-4-7-16-25(21)33-19-10-18-31-24-15-6-5-13-22(24)30-26(31)20(2)29-27(32)23-14-8-9-17-28-23/h3-9,12-17,20H,1,10-11,18-19H2,2H3,(H,29,32). The topological polar surface area (TPSA) is 69.0 Å². The van der Waals surface area contributed by atoms with E-state index in [2.05, 4.69) is 33.6 Å². The summed E-state index contributed by atoms with van der Waals surface area (Å²) in [6.07, 6.45) is 5.07. The van der Waals surface area contributed by atoms with E-state index in [0.29, 0.717) is 12.3 Å². The number of nitrogens with one attached hydrogen (secondary N) is 1. The highest BCUT2D eigenvalue weighted by molar-refractivity contribution is 5.92. The molecule has 6 heteroatoms. The fourth-order valence-corrected chi connectivity index (χ4v) is 3.87. The molecule has 0 spiro atoms. The van der Waals surface area contributed by atoms with Gasteiger partial charge in [0.1, 0.15) is 17.3 Å². The van der Waals surface area contributed by atoms with E-state index >= 15 is 0 Å². The molecule has 2 heterocycles. The van der Waals surface area contributed by atoms with Crippen molar-refractivity contribution in [3.8, 4) is 5.75 Å². The number of amides is 1. The molecule has 1 atom stereocenters. The molecule has 168 valence electrons. The van der Waals surface area contributed by atoms with Crippen molar-refractivity contribution in [3.05, 3.63) is 103 Å². The highest BCUT2D eigenvalue weighted by Crippen LogP contribution is 2.23. The summed E-state index contributed by atoms with van der Waals surface area (Å²) in [6.45, 7) is 7.07. The van der Waals surface area contributed by atoms with Crippen LogP contribution in [0, 0.1) is 0 Å². The van der Waals surface area contributed by atoms with Crippen LogP contribution in [0.1, 0.15) is 41.3 Å². The van der Waals surface area contributed by atoms with Gasteiger partial charge in [-0.1, -0.05) is 42.5 Å². The number of allylic oxidation sites excluding steroid dienone is 1. The van der Waals surface area contributed by atoms with Crippen LogP contribution in [0.25, 0.3) is 11.0 Å². The van der Waals surface area contributed by atoms with Crippen LogP contribution in [0.5, 0.6) is 5.75 Å². The molecule has 1 unspecified atom stereocenters. The van der Waals surface area contributed by atoms with Gasteiger partial charge in [-0.25, -0.2) is 4.98 Å². The molecule has 0 aliphatic rings. The van der Waals surface area contributed by atoms with Gasteiger partial charge < -0.3 is 14.6 Å². The summed E-state index contributed by atoms with van der Waals surface area (Å²) in [5, 5.41) is 3.03. The molecule has 0 fully saturated rings. The largest absolute Gasteiger partial charge is 0.493 e. The first-order chi connectivity index (χ1) is 16.2. The Morgan fingerprint density at radius 1 is 1.12 bits per heavy atom. The normalized spacial score (nSPS) is 11.8. The highest BCUT2D eigenvalue weighted by Gasteiger charge is 2.19. The summed E-state index contributed by atoms with van der Waals surface area (Å²) >= 11 is 0. The van der Waals surface area contributed by atoms with Crippen molar-refractivity contribution in [1.82, 2.24) is 19.9 Å². The predicted molar refractivity (Wildman–Crippen MR) is 130 cm³/mol. The number of fused-ring (bicyclic) bond motifs is 1. The Labute approximate surface area is 194 Å². The van der Waals surface area contributed by atoms with Crippen molar-refractivity contribution in [1.29, 1.82) is 0 Å². The summed E-state index contributed by atoms with van der Waals surface area (Å²) < 4.78 is 8.23. The summed E-state index contributed by atoms with van der Waals surface area (Å²) in [6, 6.07) is 21.1. The quantitative estimate of drug-likeness (QED) is 0.274. The molecule has 0 radical (unpaired) electrons. The lowest BCUT2D eigenvalue weighted by Gasteiger charge is -2.17. The van der Waals surface area contributed by atoms with E-state index in [1.807, 2.05) is 49.4 Å². The Bertz CT molecular complexity index is 1230. The van der Waals surface area contributed by atoms with Crippen LogP contribution in [0.15, 0.2) is 85.6 Å². The maximum atomic E-state index is 12.6. The van der Waals surface area contributed by atoms with Gasteiger partial charge in [-0.3, -0.25) is 9.78 Å². The lowest BCUT2D eigenvalue weighted by Crippen LogP contribution is -2.29. The van der Waals surface area contributed by atoms with Gasteiger partial charge >= 0.3 is 0 Å². The number of carbonyl (C=O) groups is 1. The molecule has 1 N–H and O–H groups in total. The van der Waals surface area contributed by atoms with Gasteiger partial charge in [-0.15, -0.1) is 6.58 Å².